The molecule has 0 aliphatic heterocycles. The molecular formula is C10H10BrN3O2S. The van der Waals surface area contributed by atoms with Gasteiger partial charge in [0.15, 0.2) is 5.03 Å². The molecule has 0 aliphatic carbocycles. The second-order valence-electron chi connectivity index (χ2n) is 3.46. The van der Waals surface area contributed by atoms with E-state index in [9.17, 15) is 8.42 Å². The summed E-state index contributed by atoms with van der Waals surface area (Å²) in [6, 6.07) is 5.36. The van der Waals surface area contributed by atoms with Crippen molar-refractivity contribution < 1.29 is 8.42 Å². The molecular weight excluding hydrogens is 306 g/mol. The molecule has 17 heavy (non-hydrogen) atoms. The van der Waals surface area contributed by atoms with Crippen LogP contribution in [0.3, 0.4) is 0 Å². The molecule has 5 nitrogen and oxygen atoms in total. The maximum absolute atomic E-state index is 11.9. The number of nitrogens with zero attached hydrogens (tertiary/aromatic N) is 1. The van der Waals surface area contributed by atoms with Crippen molar-refractivity contribution in [2.75, 3.05) is 4.72 Å². The molecule has 0 atom stereocenters. The fourth-order valence-electron chi connectivity index (χ4n) is 1.32. The summed E-state index contributed by atoms with van der Waals surface area (Å²) in [5.41, 5.74) is 1.45. The predicted octanol–water partition coefficient (Wildman–Crippen LogP) is 2.28. The van der Waals surface area contributed by atoms with Crippen LogP contribution in [0.2, 0.25) is 0 Å². The Bertz CT molecular complexity index is 623. The lowest BCUT2D eigenvalue weighted by Crippen LogP contribution is -2.13. The van der Waals surface area contributed by atoms with Gasteiger partial charge in [-0.1, -0.05) is 12.1 Å². The van der Waals surface area contributed by atoms with E-state index in [1.54, 1.807) is 12.1 Å². The third kappa shape index (κ3) is 2.50. The first kappa shape index (κ1) is 12.1. The number of aromatic amines is 1. The van der Waals surface area contributed by atoms with Crippen molar-refractivity contribution in [2.24, 2.45) is 0 Å². The van der Waals surface area contributed by atoms with Crippen LogP contribution in [-0.4, -0.2) is 18.4 Å². The number of aryl methyl sites for hydroxylation is 1. The highest BCUT2D eigenvalue weighted by Crippen LogP contribution is 2.27. The van der Waals surface area contributed by atoms with E-state index >= 15 is 0 Å². The lowest BCUT2D eigenvalue weighted by Gasteiger charge is -2.09. The van der Waals surface area contributed by atoms with Gasteiger partial charge in [-0.2, -0.15) is 8.42 Å². The molecule has 2 rings (SSSR count). The van der Waals surface area contributed by atoms with Gasteiger partial charge in [-0.15, -0.1) is 0 Å². The van der Waals surface area contributed by atoms with Gasteiger partial charge in [-0.3, -0.25) is 4.72 Å². The normalized spacial score (nSPS) is 11.4. The number of aromatic nitrogens is 2. The summed E-state index contributed by atoms with van der Waals surface area (Å²) in [6.07, 6.45) is 2.58. The predicted molar refractivity (Wildman–Crippen MR) is 68.3 cm³/mol. The van der Waals surface area contributed by atoms with Crippen LogP contribution in [0, 0.1) is 6.92 Å². The van der Waals surface area contributed by atoms with E-state index in [2.05, 4.69) is 30.6 Å². The Morgan fingerprint density at radius 2 is 2.18 bits per heavy atom. The summed E-state index contributed by atoms with van der Waals surface area (Å²) in [7, 11) is -3.61. The lowest BCUT2D eigenvalue weighted by molar-refractivity contribution is 0.598. The first-order valence-electron chi connectivity index (χ1n) is 4.77. The number of H-pyrrole nitrogens is 1. The van der Waals surface area contributed by atoms with Gasteiger partial charge in [0, 0.05) is 4.47 Å². The molecule has 1 heterocycles. The van der Waals surface area contributed by atoms with Gasteiger partial charge >= 0.3 is 0 Å². The fourth-order valence-corrected chi connectivity index (χ4v) is 2.79. The molecule has 0 bridgehead atoms. The van der Waals surface area contributed by atoms with Crippen molar-refractivity contribution in [1.82, 2.24) is 9.97 Å². The van der Waals surface area contributed by atoms with E-state index in [1.807, 2.05) is 13.0 Å². The molecule has 0 unspecified atom stereocenters. The molecule has 2 N–H and O–H groups in total. The minimum Gasteiger partial charge on any atom is -0.334 e. The molecule has 0 saturated heterocycles. The summed E-state index contributed by atoms with van der Waals surface area (Å²) in [6.45, 7) is 1.89. The van der Waals surface area contributed by atoms with Crippen LogP contribution in [0.15, 0.2) is 40.2 Å². The van der Waals surface area contributed by atoms with Crippen LogP contribution >= 0.6 is 15.9 Å². The molecule has 0 saturated carbocycles. The Morgan fingerprint density at radius 3 is 2.82 bits per heavy atom. The summed E-state index contributed by atoms with van der Waals surface area (Å²) in [5, 5.41) is 0.0332. The van der Waals surface area contributed by atoms with Crippen LogP contribution in [0.4, 0.5) is 5.69 Å². The number of halogens is 1. The molecule has 1 aromatic carbocycles. The monoisotopic (exact) mass is 315 g/mol. The Morgan fingerprint density at radius 1 is 1.41 bits per heavy atom. The highest BCUT2D eigenvalue weighted by Gasteiger charge is 2.17. The highest BCUT2D eigenvalue weighted by atomic mass is 79.9. The van der Waals surface area contributed by atoms with Crippen LogP contribution in [-0.2, 0) is 10.0 Å². The zero-order valence-electron chi connectivity index (χ0n) is 8.94. The number of hydrogen-bond donors (Lipinski definition) is 2. The quantitative estimate of drug-likeness (QED) is 0.912. The van der Waals surface area contributed by atoms with Crippen LogP contribution in [0.1, 0.15) is 5.56 Å². The largest absolute Gasteiger partial charge is 0.334 e. The Kier molecular flexibility index (Phi) is 3.21. The number of rotatable bonds is 3. The van der Waals surface area contributed by atoms with E-state index in [0.29, 0.717) is 5.69 Å². The molecule has 1 aromatic heterocycles. The zero-order valence-corrected chi connectivity index (χ0v) is 11.3. The fraction of sp³-hybridized carbons (Fsp3) is 0.100. The van der Waals surface area contributed by atoms with Gasteiger partial charge in [-0.25, -0.2) is 4.98 Å². The first-order valence-corrected chi connectivity index (χ1v) is 7.04. The molecule has 0 amide bonds. The van der Waals surface area contributed by atoms with Crippen molar-refractivity contribution >= 4 is 31.6 Å². The third-order valence-electron chi connectivity index (χ3n) is 2.20. The van der Waals surface area contributed by atoms with E-state index in [-0.39, 0.29) is 5.03 Å². The average molecular weight is 316 g/mol. The smallest absolute Gasteiger partial charge is 0.279 e. The van der Waals surface area contributed by atoms with Crippen LogP contribution in [0.25, 0.3) is 0 Å². The maximum atomic E-state index is 11.9. The summed E-state index contributed by atoms with van der Waals surface area (Å²) in [5.74, 6) is 0. The lowest BCUT2D eigenvalue weighted by atomic mass is 10.2. The van der Waals surface area contributed by atoms with Crippen molar-refractivity contribution in [2.45, 2.75) is 11.9 Å². The maximum Gasteiger partial charge on any atom is 0.279 e. The van der Waals surface area contributed by atoms with E-state index in [0.717, 1.165) is 10.0 Å². The summed E-state index contributed by atoms with van der Waals surface area (Å²) >= 11 is 3.34. The second kappa shape index (κ2) is 4.50. The molecule has 7 heteroatoms. The third-order valence-corrected chi connectivity index (χ3v) is 4.54. The molecule has 0 fully saturated rings. The average Bonchev–Trinajstić information content (AvgIpc) is 2.78. The van der Waals surface area contributed by atoms with Gasteiger partial charge in [-0.05, 0) is 34.5 Å². The van der Waals surface area contributed by atoms with Crippen LogP contribution in [0.5, 0.6) is 0 Å². The van der Waals surface area contributed by atoms with E-state index in [1.165, 1.54) is 12.5 Å². The molecule has 0 spiro atoms. The van der Waals surface area contributed by atoms with Crippen molar-refractivity contribution in [3.8, 4) is 0 Å². The van der Waals surface area contributed by atoms with Gasteiger partial charge in [0.2, 0.25) is 0 Å². The number of sulfonamides is 1. The Balaban J connectivity index is 2.37. The van der Waals surface area contributed by atoms with Crippen molar-refractivity contribution in [3.05, 3.63) is 40.8 Å². The standard InChI is InChI=1S/C10H10BrN3O2S/c1-7-3-2-4-8(10(7)11)14-17(15,16)9-5-12-6-13-9/h2-6,14H,1H3,(H,12,13). The van der Waals surface area contributed by atoms with Crippen molar-refractivity contribution in [3.63, 3.8) is 0 Å². The van der Waals surface area contributed by atoms with E-state index < -0.39 is 10.0 Å². The topological polar surface area (TPSA) is 74.8 Å². The van der Waals surface area contributed by atoms with Gasteiger partial charge < -0.3 is 4.98 Å². The van der Waals surface area contributed by atoms with Crippen molar-refractivity contribution in [1.29, 1.82) is 0 Å². The van der Waals surface area contributed by atoms with Crippen LogP contribution < -0.4 is 4.72 Å². The first-order chi connectivity index (χ1) is 8.00. The summed E-state index contributed by atoms with van der Waals surface area (Å²) in [4.78, 5) is 6.24. The van der Waals surface area contributed by atoms with Gasteiger partial charge in [0.05, 0.1) is 18.2 Å². The molecule has 2 aromatic rings. The zero-order chi connectivity index (χ0) is 12.5. The number of benzene rings is 1. The van der Waals surface area contributed by atoms with E-state index in [4.69, 9.17) is 0 Å². The number of imidazole rings is 1. The minimum absolute atomic E-state index is 0.0332. The molecule has 0 radical (unpaired) electrons. The molecule has 90 valence electrons. The Labute approximate surface area is 107 Å². The van der Waals surface area contributed by atoms with Gasteiger partial charge in [0.25, 0.3) is 10.0 Å². The summed E-state index contributed by atoms with van der Waals surface area (Å²) < 4.78 is 27.1. The molecule has 0 aliphatic rings. The second-order valence-corrected chi connectivity index (χ2v) is 5.90. The highest BCUT2D eigenvalue weighted by molar-refractivity contribution is 9.10. The minimum atomic E-state index is -3.61. The number of nitrogens with one attached hydrogen (secondary N) is 2. The number of hydrogen-bond acceptors (Lipinski definition) is 3. The van der Waals surface area contributed by atoms with Gasteiger partial charge in [0.1, 0.15) is 0 Å². The number of anilines is 1. The SMILES string of the molecule is Cc1cccc(NS(=O)(=O)c2cnc[nH]2)c1Br. The Hall–Kier alpha value is -1.34.